The van der Waals surface area contributed by atoms with Crippen molar-refractivity contribution in [2.24, 2.45) is 0 Å². The standard InChI is InChI=1S/C11H15N3O2S/c1-9(15)17-10-6-11(16)14(7-10)5-4-13-3-2-12-8-13/h2-3,8,10H,4-7H2,1H3. The van der Waals surface area contributed by atoms with Crippen LogP contribution in [0, 0.1) is 0 Å². The molecule has 1 fully saturated rings. The zero-order valence-electron chi connectivity index (χ0n) is 9.70. The summed E-state index contributed by atoms with van der Waals surface area (Å²) in [5.41, 5.74) is 0. The molecule has 2 rings (SSSR count). The fourth-order valence-electron chi connectivity index (χ4n) is 1.92. The molecule has 1 aliphatic rings. The van der Waals surface area contributed by atoms with E-state index >= 15 is 0 Å². The topological polar surface area (TPSA) is 55.2 Å². The lowest BCUT2D eigenvalue weighted by Gasteiger charge is -2.16. The molecule has 5 nitrogen and oxygen atoms in total. The summed E-state index contributed by atoms with van der Waals surface area (Å²) < 4.78 is 1.94. The quantitative estimate of drug-likeness (QED) is 0.795. The SMILES string of the molecule is CC(=O)SC1CC(=O)N(CCn2ccnc2)C1. The molecular weight excluding hydrogens is 238 g/mol. The summed E-state index contributed by atoms with van der Waals surface area (Å²) in [6.07, 6.45) is 5.82. The van der Waals surface area contributed by atoms with Crippen LogP contribution in [0.4, 0.5) is 0 Å². The van der Waals surface area contributed by atoms with E-state index in [1.807, 2.05) is 15.7 Å². The van der Waals surface area contributed by atoms with E-state index in [0.29, 0.717) is 19.5 Å². The lowest BCUT2D eigenvalue weighted by molar-refractivity contribution is -0.127. The number of hydrogen-bond acceptors (Lipinski definition) is 4. The molecular formula is C11H15N3O2S. The first-order valence-corrected chi connectivity index (χ1v) is 6.44. The Morgan fingerprint density at radius 3 is 3.06 bits per heavy atom. The highest BCUT2D eigenvalue weighted by atomic mass is 32.2. The van der Waals surface area contributed by atoms with Gasteiger partial charge in [-0.05, 0) is 0 Å². The summed E-state index contributed by atoms with van der Waals surface area (Å²) in [5, 5.41) is 0.210. The van der Waals surface area contributed by atoms with E-state index in [1.54, 1.807) is 19.4 Å². The predicted octanol–water partition coefficient (Wildman–Crippen LogP) is 0.764. The smallest absolute Gasteiger partial charge is 0.223 e. The molecule has 1 unspecified atom stereocenters. The van der Waals surface area contributed by atoms with Crippen molar-refractivity contribution in [1.29, 1.82) is 0 Å². The van der Waals surface area contributed by atoms with E-state index in [-0.39, 0.29) is 16.3 Å². The minimum Gasteiger partial charge on any atom is -0.340 e. The van der Waals surface area contributed by atoms with Crippen LogP contribution in [0.2, 0.25) is 0 Å². The largest absolute Gasteiger partial charge is 0.340 e. The average Bonchev–Trinajstić information content (AvgIpc) is 2.84. The van der Waals surface area contributed by atoms with Gasteiger partial charge in [0, 0.05) is 50.6 Å². The second kappa shape index (κ2) is 5.35. The number of rotatable bonds is 4. The lowest BCUT2D eigenvalue weighted by atomic mass is 10.4. The van der Waals surface area contributed by atoms with Gasteiger partial charge < -0.3 is 9.47 Å². The average molecular weight is 253 g/mol. The molecule has 1 amide bonds. The third-order valence-electron chi connectivity index (χ3n) is 2.70. The van der Waals surface area contributed by atoms with E-state index in [2.05, 4.69) is 4.98 Å². The third-order valence-corrected chi connectivity index (χ3v) is 3.68. The lowest BCUT2D eigenvalue weighted by Crippen LogP contribution is -2.29. The fraction of sp³-hybridized carbons (Fsp3) is 0.545. The molecule has 0 saturated carbocycles. The zero-order valence-corrected chi connectivity index (χ0v) is 10.5. The molecule has 0 radical (unpaired) electrons. The van der Waals surface area contributed by atoms with Crippen molar-refractivity contribution < 1.29 is 9.59 Å². The molecule has 0 aliphatic carbocycles. The van der Waals surface area contributed by atoms with E-state index in [4.69, 9.17) is 0 Å². The van der Waals surface area contributed by atoms with Gasteiger partial charge in [-0.15, -0.1) is 0 Å². The van der Waals surface area contributed by atoms with Crippen molar-refractivity contribution in [1.82, 2.24) is 14.5 Å². The Balaban J connectivity index is 1.82. The van der Waals surface area contributed by atoms with E-state index < -0.39 is 0 Å². The maximum Gasteiger partial charge on any atom is 0.223 e. The highest BCUT2D eigenvalue weighted by Crippen LogP contribution is 2.23. The summed E-state index contributed by atoms with van der Waals surface area (Å²) in [6, 6.07) is 0. The minimum absolute atomic E-state index is 0.0826. The molecule has 2 heterocycles. The molecule has 1 atom stereocenters. The van der Waals surface area contributed by atoms with Crippen molar-refractivity contribution in [2.75, 3.05) is 13.1 Å². The number of likely N-dealkylation sites (tertiary alicyclic amines) is 1. The Bertz CT molecular complexity index is 405. The molecule has 0 N–H and O–H groups in total. The molecule has 0 aromatic carbocycles. The second-order valence-electron chi connectivity index (χ2n) is 4.08. The van der Waals surface area contributed by atoms with Crippen molar-refractivity contribution in [3.63, 3.8) is 0 Å². The van der Waals surface area contributed by atoms with E-state index in [9.17, 15) is 9.59 Å². The number of hydrogen-bond donors (Lipinski definition) is 0. The Morgan fingerprint density at radius 1 is 1.59 bits per heavy atom. The van der Waals surface area contributed by atoms with Crippen LogP contribution in [0.1, 0.15) is 13.3 Å². The predicted molar refractivity (Wildman–Crippen MR) is 65.5 cm³/mol. The van der Waals surface area contributed by atoms with Crippen molar-refractivity contribution in [3.05, 3.63) is 18.7 Å². The minimum atomic E-state index is 0.0826. The van der Waals surface area contributed by atoms with Crippen molar-refractivity contribution >= 4 is 22.8 Å². The maximum atomic E-state index is 11.7. The first kappa shape index (κ1) is 12.2. The van der Waals surface area contributed by atoms with Crippen LogP contribution in [-0.2, 0) is 16.1 Å². The first-order valence-electron chi connectivity index (χ1n) is 5.56. The Morgan fingerprint density at radius 2 is 2.41 bits per heavy atom. The summed E-state index contributed by atoms with van der Waals surface area (Å²) in [5.74, 6) is 0.142. The van der Waals surface area contributed by atoms with Crippen molar-refractivity contribution in [3.8, 4) is 0 Å². The van der Waals surface area contributed by atoms with E-state index in [0.717, 1.165) is 6.54 Å². The van der Waals surface area contributed by atoms with Gasteiger partial charge in [0.25, 0.3) is 0 Å². The van der Waals surface area contributed by atoms with Crippen LogP contribution < -0.4 is 0 Å². The first-order chi connectivity index (χ1) is 8.15. The number of amides is 1. The molecule has 1 aliphatic heterocycles. The van der Waals surface area contributed by atoms with Gasteiger partial charge in [0.1, 0.15) is 0 Å². The summed E-state index contributed by atoms with van der Waals surface area (Å²) in [4.78, 5) is 28.5. The molecule has 92 valence electrons. The molecule has 0 bridgehead atoms. The van der Waals surface area contributed by atoms with Crippen molar-refractivity contribution in [2.45, 2.75) is 25.1 Å². The fourth-order valence-corrected chi connectivity index (χ4v) is 2.87. The number of imidazole rings is 1. The van der Waals surface area contributed by atoms with Gasteiger partial charge in [0.15, 0.2) is 5.12 Å². The molecule has 6 heteroatoms. The molecule has 1 saturated heterocycles. The van der Waals surface area contributed by atoms with Crippen LogP contribution in [0.5, 0.6) is 0 Å². The van der Waals surface area contributed by atoms with Gasteiger partial charge in [0.2, 0.25) is 5.91 Å². The molecule has 1 aromatic heterocycles. The monoisotopic (exact) mass is 253 g/mol. The molecule has 0 spiro atoms. The van der Waals surface area contributed by atoms with Crippen LogP contribution in [0.25, 0.3) is 0 Å². The zero-order chi connectivity index (χ0) is 12.3. The number of thioether (sulfide) groups is 1. The Hall–Kier alpha value is -1.30. The highest BCUT2D eigenvalue weighted by Gasteiger charge is 2.30. The van der Waals surface area contributed by atoms with Gasteiger partial charge >= 0.3 is 0 Å². The number of aromatic nitrogens is 2. The van der Waals surface area contributed by atoms with Crippen LogP contribution in [0.15, 0.2) is 18.7 Å². The Kier molecular flexibility index (Phi) is 3.83. The van der Waals surface area contributed by atoms with Gasteiger partial charge in [-0.25, -0.2) is 4.98 Å². The second-order valence-corrected chi connectivity index (χ2v) is 5.55. The number of carbonyl (C=O) groups is 2. The number of nitrogens with zero attached hydrogens (tertiary/aromatic N) is 3. The van der Waals surface area contributed by atoms with Gasteiger partial charge in [-0.2, -0.15) is 0 Å². The summed E-state index contributed by atoms with van der Waals surface area (Å²) >= 11 is 1.27. The highest BCUT2D eigenvalue weighted by molar-refractivity contribution is 8.14. The van der Waals surface area contributed by atoms with E-state index in [1.165, 1.54) is 11.8 Å². The van der Waals surface area contributed by atoms with Crippen LogP contribution >= 0.6 is 11.8 Å². The Labute approximate surface area is 104 Å². The third kappa shape index (κ3) is 3.33. The normalized spacial score (nSPS) is 19.9. The molecule has 1 aromatic rings. The van der Waals surface area contributed by atoms with Crippen LogP contribution in [0.3, 0.4) is 0 Å². The van der Waals surface area contributed by atoms with Gasteiger partial charge in [-0.1, -0.05) is 11.8 Å². The van der Waals surface area contributed by atoms with Crippen LogP contribution in [-0.4, -0.2) is 43.8 Å². The molecule has 17 heavy (non-hydrogen) atoms. The summed E-state index contributed by atoms with van der Waals surface area (Å²) in [7, 11) is 0. The van der Waals surface area contributed by atoms with Gasteiger partial charge in [-0.3, -0.25) is 9.59 Å². The summed E-state index contributed by atoms with van der Waals surface area (Å²) in [6.45, 7) is 3.66. The van der Waals surface area contributed by atoms with Gasteiger partial charge in [0.05, 0.1) is 6.33 Å². The maximum absolute atomic E-state index is 11.7. The number of carbonyl (C=O) groups excluding carboxylic acids is 2.